The minimum atomic E-state index is -3.69. The fourth-order valence-electron chi connectivity index (χ4n) is 4.10. The lowest BCUT2D eigenvalue weighted by Gasteiger charge is -2.31. The second-order valence-electron chi connectivity index (χ2n) is 9.17. The van der Waals surface area contributed by atoms with E-state index in [0.717, 1.165) is 5.56 Å². The standard InChI is InChI=1S/C26H32N4O5S/c1-4-34-22-11-13-23(14-12-22)36(32,33)30-15-5-6-20(17-30)25(31)27-21-9-7-19(8-10-21)16-24-28-26(18(2)3)35-29-24/h7-14,18,20H,4-6,15-17H2,1-3H3,(H,27,31)/t20-/m1/s1. The molecule has 0 aliphatic carbocycles. The van der Waals surface area contributed by atoms with E-state index >= 15 is 0 Å². The molecule has 192 valence electrons. The summed E-state index contributed by atoms with van der Waals surface area (Å²) in [6.07, 6.45) is 1.79. The number of nitrogens with zero attached hydrogens (tertiary/aromatic N) is 3. The van der Waals surface area contributed by atoms with Gasteiger partial charge in [0, 0.05) is 31.1 Å². The van der Waals surface area contributed by atoms with Crippen molar-refractivity contribution in [3.05, 3.63) is 65.8 Å². The Morgan fingerprint density at radius 3 is 2.53 bits per heavy atom. The van der Waals surface area contributed by atoms with Gasteiger partial charge >= 0.3 is 0 Å². The third-order valence-electron chi connectivity index (χ3n) is 6.09. The maximum Gasteiger partial charge on any atom is 0.243 e. The number of hydrogen-bond donors (Lipinski definition) is 1. The molecule has 1 amide bonds. The number of anilines is 1. The molecule has 10 heteroatoms. The van der Waals surface area contributed by atoms with Crippen LogP contribution in [0, 0.1) is 5.92 Å². The first-order chi connectivity index (χ1) is 17.3. The molecule has 1 aliphatic rings. The number of carbonyl (C=O) groups is 1. The Kier molecular flexibility index (Phi) is 8.05. The molecular formula is C26H32N4O5S. The van der Waals surface area contributed by atoms with E-state index in [1.54, 1.807) is 24.3 Å². The smallest absolute Gasteiger partial charge is 0.243 e. The average molecular weight is 513 g/mol. The average Bonchev–Trinajstić information content (AvgIpc) is 3.35. The van der Waals surface area contributed by atoms with Crippen LogP contribution in [0.3, 0.4) is 0 Å². The third kappa shape index (κ3) is 6.11. The molecule has 0 bridgehead atoms. The second kappa shape index (κ2) is 11.2. The summed E-state index contributed by atoms with van der Waals surface area (Å²) in [7, 11) is -3.69. The first-order valence-corrected chi connectivity index (χ1v) is 13.7. The second-order valence-corrected chi connectivity index (χ2v) is 11.1. The number of benzene rings is 2. The summed E-state index contributed by atoms with van der Waals surface area (Å²) >= 11 is 0. The van der Waals surface area contributed by atoms with Crippen molar-refractivity contribution in [3.63, 3.8) is 0 Å². The van der Waals surface area contributed by atoms with Gasteiger partial charge in [0.05, 0.1) is 17.4 Å². The zero-order valence-corrected chi connectivity index (χ0v) is 21.6. The van der Waals surface area contributed by atoms with E-state index in [-0.39, 0.29) is 23.3 Å². The van der Waals surface area contributed by atoms with Gasteiger partial charge in [0.1, 0.15) is 5.75 Å². The predicted molar refractivity (Wildman–Crippen MR) is 135 cm³/mol. The van der Waals surface area contributed by atoms with Crippen molar-refractivity contribution in [1.82, 2.24) is 14.4 Å². The third-order valence-corrected chi connectivity index (χ3v) is 7.97. The Labute approximate surface area is 211 Å². The van der Waals surface area contributed by atoms with Gasteiger partial charge in [0.15, 0.2) is 5.82 Å². The molecule has 4 rings (SSSR count). The molecule has 9 nitrogen and oxygen atoms in total. The maximum absolute atomic E-state index is 13.1. The SMILES string of the molecule is CCOc1ccc(S(=O)(=O)N2CCC[C@@H](C(=O)Nc3ccc(Cc4noc(C(C)C)n4)cc3)C2)cc1. The Balaban J connectivity index is 1.36. The minimum absolute atomic E-state index is 0.148. The van der Waals surface area contributed by atoms with Gasteiger partial charge < -0.3 is 14.6 Å². The normalized spacial score (nSPS) is 16.7. The number of amides is 1. The molecule has 36 heavy (non-hydrogen) atoms. The van der Waals surface area contributed by atoms with E-state index in [2.05, 4.69) is 15.5 Å². The summed E-state index contributed by atoms with van der Waals surface area (Å²) < 4.78 is 38.3. The molecule has 0 saturated carbocycles. The number of nitrogens with one attached hydrogen (secondary N) is 1. The lowest BCUT2D eigenvalue weighted by Crippen LogP contribution is -2.43. The van der Waals surface area contributed by atoms with Crippen LogP contribution < -0.4 is 10.1 Å². The van der Waals surface area contributed by atoms with Gasteiger partial charge in [-0.3, -0.25) is 4.79 Å². The molecule has 2 heterocycles. The van der Waals surface area contributed by atoms with Crippen molar-refractivity contribution in [2.24, 2.45) is 5.92 Å². The quantitative estimate of drug-likeness (QED) is 0.456. The monoisotopic (exact) mass is 512 g/mol. The van der Waals surface area contributed by atoms with Crippen LogP contribution in [0.2, 0.25) is 0 Å². The van der Waals surface area contributed by atoms with Crippen LogP contribution in [-0.4, -0.2) is 48.5 Å². The number of sulfonamides is 1. The molecule has 0 radical (unpaired) electrons. The topological polar surface area (TPSA) is 115 Å². The number of piperidine rings is 1. The molecule has 1 saturated heterocycles. The van der Waals surface area contributed by atoms with Crippen molar-refractivity contribution in [2.75, 3.05) is 25.0 Å². The van der Waals surface area contributed by atoms with Gasteiger partial charge in [-0.25, -0.2) is 8.42 Å². The Morgan fingerprint density at radius 1 is 1.17 bits per heavy atom. The van der Waals surface area contributed by atoms with Crippen LogP contribution in [0.25, 0.3) is 0 Å². The number of rotatable bonds is 9. The predicted octanol–water partition coefficient (Wildman–Crippen LogP) is 4.22. The van der Waals surface area contributed by atoms with Crippen LogP contribution >= 0.6 is 0 Å². The van der Waals surface area contributed by atoms with Crippen molar-refractivity contribution >= 4 is 21.6 Å². The zero-order valence-electron chi connectivity index (χ0n) is 20.8. The summed E-state index contributed by atoms with van der Waals surface area (Å²) in [4.78, 5) is 17.5. The summed E-state index contributed by atoms with van der Waals surface area (Å²) in [6.45, 7) is 6.91. The molecule has 2 aromatic carbocycles. The van der Waals surface area contributed by atoms with Gasteiger partial charge in [-0.2, -0.15) is 9.29 Å². The highest BCUT2D eigenvalue weighted by molar-refractivity contribution is 7.89. The lowest BCUT2D eigenvalue weighted by atomic mass is 9.98. The Morgan fingerprint density at radius 2 is 1.89 bits per heavy atom. The van der Waals surface area contributed by atoms with E-state index < -0.39 is 15.9 Å². The van der Waals surface area contributed by atoms with Crippen LogP contribution in [0.5, 0.6) is 5.75 Å². The van der Waals surface area contributed by atoms with Gasteiger partial charge in [0.25, 0.3) is 0 Å². The highest BCUT2D eigenvalue weighted by atomic mass is 32.2. The van der Waals surface area contributed by atoms with Crippen molar-refractivity contribution in [2.45, 2.75) is 50.8 Å². The number of carbonyl (C=O) groups excluding carboxylic acids is 1. The van der Waals surface area contributed by atoms with Crippen LogP contribution in [0.15, 0.2) is 57.9 Å². The molecule has 0 unspecified atom stereocenters. The van der Waals surface area contributed by atoms with E-state index in [1.807, 2.05) is 45.0 Å². The van der Waals surface area contributed by atoms with Crippen LogP contribution in [0.4, 0.5) is 5.69 Å². The van der Waals surface area contributed by atoms with Gasteiger partial charge in [-0.15, -0.1) is 0 Å². The fourth-order valence-corrected chi connectivity index (χ4v) is 5.63. The Bertz CT molecular complexity index is 1270. The first-order valence-electron chi connectivity index (χ1n) is 12.2. The largest absolute Gasteiger partial charge is 0.494 e. The number of aromatic nitrogens is 2. The molecule has 1 atom stereocenters. The summed E-state index contributed by atoms with van der Waals surface area (Å²) in [6, 6.07) is 13.9. The van der Waals surface area contributed by atoms with Crippen LogP contribution in [-0.2, 0) is 21.2 Å². The molecule has 3 aromatic rings. The van der Waals surface area contributed by atoms with Gasteiger partial charge in [-0.1, -0.05) is 31.1 Å². The van der Waals surface area contributed by atoms with E-state index in [1.165, 1.54) is 4.31 Å². The molecule has 1 aromatic heterocycles. The van der Waals surface area contributed by atoms with Gasteiger partial charge in [0.2, 0.25) is 21.8 Å². The summed E-state index contributed by atoms with van der Waals surface area (Å²) in [5, 5.41) is 6.94. The summed E-state index contributed by atoms with van der Waals surface area (Å²) in [5.41, 5.74) is 1.65. The van der Waals surface area contributed by atoms with Crippen molar-refractivity contribution in [3.8, 4) is 5.75 Å². The molecule has 1 N–H and O–H groups in total. The molecule has 1 fully saturated rings. The van der Waals surface area contributed by atoms with Crippen molar-refractivity contribution in [1.29, 1.82) is 0 Å². The Hall–Kier alpha value is -3.24. The molecular weight excluding hydrogens is 480 g/mol. The zero-order chi connectivity index (χ0) is 25.7. The maximum atomic E-state index is 13.1. The van der Waals surface area contributed by atoms with E-state index in [0.29, 0.717) is 55.6 Å². The summed E-state index contributed by atoms with van der Waals surface area (Å²) in [5.74, 6) is 1.41. The minimum Gasteiger partial charge on any atom is -0.494 e. The molecule has 0 spiro atoms. The lowest BCUT2D eigenvalue weighted by molar-refractivity contribution is -0.120. The highest BCUT2D eigenvalue weighted by Crippen LogP contribution is 2.26. The van der Waals surface area contributed by atoms with E-state index in [9.17, 15) is 13.2 Å². The van der Waals surface area contributed by atoms with E-state index in [4.69, 9.17) is 9.26 Å². The van der Waals surface area contributed by atoms with Gasteiger partial charge in [-0.05, 0) is 61.7 Å². The molecule has 1 aliphatic heterocycles. The number of ether oxygens (including phenoxy) is 1. The van der Waals surface area contributed by atoms with Crippen molar-refractivity contribution < 1.29 is 22.5 Å². The fraction of sp³-hybridized carbons (Fsp3) is 0.423. The van der Waals surface area contributed by atoms with Crippen LogP contribution in [0.1, 0.15) is 56.8 Å². The number of hydrogen-bond acceptors (Lipinski definition) is 7. The first kappa shape index (κ1) is 25.8. The highest BCUT2D eigenvalue weighted by Gasteiger charge is 2.33.